The van der Waals surface area contributed by atoms with Gasteiger partial charge in [0.25, 0.3) is 0 Å². The first-order chi connectivity index (χ1) is 13.7. The van der Waals surface area contributed by atoms with Crippen molar-refractivity contribution in [2.24, 2.45) is 11.8 Å². The van der Waals surface area contributed by atoms with Crippen molar-refractivity contribution < 1.29 is 5.11 Å². The molecule has 0 spiro atoms. The van der Waals surface area contributed by atoms with Crippen LogP contribution in [0.3, 0.4) is 0 Å². The molecular weight excluding hydrogens is 352 g/mol. The fourth-order valence-corrected chi connectivity index (χ4v) is 4.85. The minimum absolute atomic E-state index is 0.146. The molecule has 0 saturated heterocycles. The highest BCUT2D eigenvalue weighted by molar-refractivity contribution is 5.68. The van der Waals surface area contributed by atoms with E-state index in [-0.39, 0.29) is 5.75 Å². The van der Waals surface area contributed by atoms with Crippen LogP contribution in [0.4, 0.5) is 5.82 Å². The zero-order valence-electron chi connectivity index (χ0n) is 15.9. The Morgan fingerprint density at radius 2 is 1.86 bits per heavy atom. The van der Waals surface area contributed by atoms with Crippen molar-refractivity contribution in [1.29, 1.82) is 0 Å². The summed E-state index contributed by atoms with van der Waals surface area (Å²) in [7, 11) is 2.13. The van der Waals surface area contributed by atoms with Crippen molar-refractivity contribution in [1.82, 2.24) is 25.0 Å². The molecular formula is C21H24N6O. The molecule has 7 nitrogen and oxygen atoms in total. The molecule has 28 heavy (non-hydrogen) atoms. The minimum atomic E-state index is 0.146. The second-order valence-corrected chi connectivity index (χ2v) is 8.10. The predicted octanol–water partition coefficient (Wildman–Crippen LogP) is 3.44. The molecule has 0 aliphatic heterocycles. The molecule has 2 heterocycles. The molecule has 5 rings (SSSR count). The number of hydrogen-bond donors (Lipinski definition) is 1. The third-order valence-corrected chi connectivity index (χ3v) is 6.36. The first-order valence-corrected chi connectivity index (χ1v) is 9.92. The van der Waals surface area contributed by atoms with Gasteiger partial charge in [-0.3, -0.25) is 0 Å². The number of anilines is 1. The summed E-state index contributed by atoms with van der Waals surface area (Å²) in [6.45, 7) is 0. The zero-order valence-corrected chi connectivity index (χ0v) is 15.9. The number of benzene rings is 1. The Labute approximate surface area is 164 Å². The van der Waals surface area contributed by atoms with Gasteiger partial charge < -0.3 is 10.0 Å². The standard InChI is InChI=1S/C21H24N6O/c1-26(17-9-14-2-3-15(8-14)10-17)21-7-6-19(24-25-21)18-5-4-16(11-20(18)28)27-13-22-12-23-27/h4-7,11-15,17,28H,2-3,8-10H2,1H3/t14-,15+,17?. The van der Waals surface area contributed by atoms with E-state index in [1.165, 1.54) is 38.4 Å². The lowest BCUT2D eigenvalue weighted by molar-refractivity contribution is 0.312. The van der Waals surface area contributed by atoms with Crippen LogP contribution in [0.15, 0.2) is 43.0 Å². The van der Waals surface area contributed by atoms with Crippen molar-refractivity contribution in [3.8, 4) is 22.7 Å². The summed E-state index contributed by atoms with van der Waals surface area (Å²) in [5.74, 6) is 2.82. The van der Waals surface area contributed by atoms with Crippen LogP contribution in [0.1, 0.15) is 32.1 Å². The van der Waals surface area contributed by atoms with Gasteiger partial charge in [0.05, 0.1) is 11.4 Å². The number of hydrogen-bond acceptors (Lipinski definition) is 6. The SMILES string of the molecule is CN(c1ccc(-c2ccc(-n3cncn3)cc2O)nn1)C1C[C@H]2CC[C@@H](C1)C2. The molecule has 144 valence electrons. The van der Waals surface area contributed by atoms with E-state index in [4.69, 9.17) is 0 Å². The lowest BCUT2D eigenvalue weighted by atomic mass is 9.85. The fourth-order valence-electron chi connectivity index (χ4n) is 4.85. The maximum Gasteiger partial charge on any atom is 0.151 e. The molecule has 3 atom stereocenters. The van der Waals surface area contributed by atoms with Gasteiger partial charge in [-0.1, -0.05) is 12.8 Å². The van der Waals surface area contributed by atoms with Crippen molar-refractivity contribution in [3.05, 3.63) is 43.0 Å². The van der Waals surface area contributed by atoms with E-state index >= 15 is 0 Å². The Morgan fingerprint density at radius 1 is 1.04 bits per heavy atom. The molecule has 2 bridgehead atoms. The third kappa shape index (κ3) is 3.10. The topological polar surface area (TPSA) is 80.0 Å². The van der Waals surface area contributed by atoms with Crippen molar-refractivity contribution >= 4 is 5.82 Å². The largest absolute Gasteiger partial charge is 0.507 e. The van der Waals surface area contributed by atoms with E-state index in [0.717, 1.165) is 23.3 Å². The monoisotopic (exact) mass is 376 g/mol. The molecule has 7 heteroatoms. The zero-order chi connectivity index (χ0) is 19.1. The molecule has 2 aromatic heterocycles. The van der Waals surface area contributed by atoms with Gasteiger partial charge in [-0.15, -0.1) is 10.2 Å². The molecule has 2 saturated carbocycles. The van der Waals surface area contributed by atoms with E-state index in [2.05, 4.69) is 32.2 Å². The van der Waals surface area contributed by atoms with Gasteiger partial charge in [-0.05, 0) is 55.4 Å². The van der Waals surface area contributed by atoms with Crippen molar-refractivity contribution in [3.63, 3.8) is 0 Å². The smallest absolute Gasteiger partial charge is 0.151 e. The highest BCUT2D eigenvalue weighted by Crippen LogP contribution is 2.43. The first-order valence-electron chi connectivity index (χ1n) is 9.92. The van der Waals surface area contributed by atoms with E-state index in [1.54, 1.807) is 17.1 Å². The average Bonchev–Trinajstić information content (AvgIpc) is 3.37. The fraction of sp³-hybridized carbons (Fsp3) is 0.429. The first kappa shape index (κ1) is 17.2. The Balaban J connectivity index is 1.35. The summed E-state index contributed by atoms with van der Waals surface area (Å²) in [5, 5.41) is 23.4. The Kier molecular flexibility index (Phi) is 4.22. The quantitative estimate of drug-likeness (QED) is 0.751. The highest BCUT2D eigenvalue weighted by Gasteiger charge is 2.36. The summed E-state index contributed by atoms with van der Waals surface area (Å²) in [5.41, 5.74) is 2.06. The molecule has 1 aromatic carbocycles. The Hall–Kier alpha value is -2.96. The van der Waals surface area contributed by atoms with Crippen LogP contribution in [0.25, 0.3) is 16.9 Å². The molecule has 1 N–H and O–H groups in total. The number of phenolic OH excluding ortho intramolecular Hbond substituents is 1. The number of nitrogens with zero attached hydrogens (tertiary/aromatic N) is 6. The maximum absolute atomic E-state index is 10.5. The van der Waals surface area contributed by atoms with E-state index in [0.29, 0.717) is 17.3 Å². The van der Waals surface area contributed by atoms with Crippen LogP contribution in [0, 0.1) is 11.8 Å². The molecule has 1 unspecified atom stereocenters. The summed E-state index contributed by atoms with van der Waals surface area (Å²) < 4.78 is 1.60. The predicted molar refractivity (Wildman–Crippen MR) is 106 cm³/mol. The molecule has 2 aliphatic rings. The Bertz CT molecular complexity index is 944. The van der Waals surface area contributed by atoms with Crippen LogP contribution in [-0.4, -0.2) is 43.2 Å². The highest BCUT2D eigenvalue weighted by atomic mass is 16.3. The van der Waals surface area contributed by atoms with Gasteiger partial charge in [-0.25, -0.2) is 9.67 Å². The third-order valence-electron chi connectivity index (χ3n) is 6.36. The number of phenols is 1. The minimum Gasteiger partial charge on any atom is -0.507 e. The number of aromatic hydroxyl groups is 1. The van der Waals surface area contributed by atoms with Gasteiger partial charge in [0.15, 0.2) is 5.82 Å². The number of fused-ring (bicyclic) bond motifs is 2. The van der Waals surface area contributed by atoms with Crippen molar-refractivity contribution in [2.45, 2.75) is 38.1 Å². The lowest BCUT2D eigenvalue weighted by Crippen LogP contribution is -2.37. The second kappa shape index (κ2) is 6.89. The van der Waals surface area contributed by atoms with E-state index in [1.807, 2.05) is 24.3 Å². The second-order valence-electron chi connectivity index (χ2n) is 8.10. The van der Waals surface area contributed by atoms with Crippen molar-refractivity contribution in [2.75, 3.05) is 11.9 Å². The summed E-state index contributed by atoms with van der Waals surface area (Å²) in [4.78, 5) is 6.22. The van der Waals surface area contributed by atoms with Gasteiger partial charge in [-0.2, -0.15) is 5.10 Å². The molecule has 2 aliphatic carbocycles. The van der Waals surface area contributed by atoms with E-state index < -0.39 is 0 Å². The summed E-state index contributed by atoms with van der Waals surface area (Å²) in [6, 6.07) is 9.86. The van der Waals surface area contributed by atoms with Gasteiger partial charge >= 0.3 is 0 Å². The maximum atomic E-state index is 10.5. The summed E-state index contributed by atoms with van der Waals surface area (Å²) in [6.07, 6.45) is 9.79. The molecule has 0 radical (unpaired) electrons. The van der Waals surface area contributed by atoms with Crippen LogP contribution in [0.2, 0.25) is 0 Å². The van der Waals surface area contributed by atoms with Crippen LogP contribution >= 0.6 is 0 Å². The molecule has 2 fully saturated rings. The van der Waals surface area contributed by atoms with Crippen LogP contribution in [0.5, 0.6) is 5.75 Å². The van der Waals surface area contributed by atoms with Gasteiger partial charge in [0, 0.05) is 24.7 Å². The molecule has 0 amide bonds. The molecule has 3 aromatic rings. The van der Waals surface area contributed by atoms with Gasteiger partial charge in [0.2, 0.25) is 0 Å². The normalized spacial score (nSPS) is 23.7. The lowest BCUT2D eigenvalue weighted by Gasteiger charge is -2.35. The average molecular weight is 376 g/mol. The number of aromatic nitrogens is 5. The van der Waals surface area contributed by atoms with E-state index in [9.17, 15) is 5.11 Å². The number of rotatable bonds is 4. The summed E-state index contributed by atoms with van der Waals surface area (Å²) >= 11 is 0. The van der Waals surface area contributed by atoms with Gasteiger partial charge in [0.1, 0.15) is 18.4 Å². The van der Waals surface area contributed by atoms with Crippen LogP contribution < -0.4 is 4.90 Å². The Morgan fingerprint density at radius 3 is 2.50 bits per heavy atom. The van der Waals surface area contributed by atoms with Crippen LogP contribution in [-0.2, 0) is 0 Å².